The average Bonchev–Trinajstić information content (AvgIpc) is 2.61. The van der Waals surface area contributed by atoms with Crippen LogP contribution in [0.1, 0.15) is 37.6 Å². The fraction of sp³-hybridized carbons (Fsp3) is 0.368. The van der Waals surface area contributed by atoms with Crippen molar-refractivity contribution < 1.29 is 17.9 Å². The van der Waals surface area contributed by atoms with Crippen molar-refractivity contribution in [2.45, 2.75) is 27.2 Å². The molecule has 1 aromatic heterocycles. The zero-order valence-corrected chi connectivity index (χ0v) is 16.5. The molecule has 0 unspecified atom stereocenters. The van der Waals surface area contributed by atoms with Gasteiger partial charge in [0.05, 0.1) is 11.4 Å². The number of hydrogen-bond acceptors (Lipinski definition) is 5. The highest BCUT2D eigenvalue weighted by molar-refractivity contribution is 7.92. The van der Waals surface area contributed by atoms with Gasteiger partial charge in [-0.2, -0.15) is 0 Å². The summed E-state index contributed by atoms with van der Waals surface area (Å²) in [5.41, 5.74) is 0.703. The lowest BCUT2D eigenvalue weighted by molar-refractivity contribution is 0.0949. The van der Waals surface area contributed by atoms with E-state index < -0.39 is 10.0 Å². The molecule has 2 aromatic rings. The van der Waals surface area contributed by atoms with Crippen LogP contribution in [0.3, 0.4) is 0 Å². The number of pyridine rings is 1. The Balaban J connectivity index is 2.15. The van der Waals surface area contributed by atoms with Crippen LogP contribution in [0.15, 0.2) is 42.6 Å². The molecular weight excluding hydrogens is 366 g/mol. The fourth-order valence-electron chi connectivity index (χ4n) is 2.20. The third-order valence-electron chi connectivity index (χ3n) is 3.72. The Morgan fingerprint density at radius 1 is 1.22 bits per heavy atom. The number of rotatable bonds is 9. The summed E-state index contributed by atoms with van der Waals surface area (Å²) >= 11 is 0. The van der Waals surface area contributed by atoms with Gasteiger partial charge in [0.15, 0.2) is 0 Å². The van der Waals surface area contributed by atoms with E-state index >= 15 is 0 Å². The monoisotopic (exact) mass is 391 g/mol. The number of benzene rings is 1. The number of carbonyl (C=O) groups is 1. The van der Waals surface area contributed by atoms with Crippen LogP contribution >= 0.6 is 0 Å². The standard InChI is InChI=1S/C19H25N3O4S/c1-4-27(24,25)22-15-7-5-8-16(13-15)26-19-17(9-6-11-21-19)18(23)20-12-10-14(2)3/h5-9,11,13-14,22H,4,10,12H2,1-3H3,(H,20,23). The van der Waals surface area contributed by atoms with E-state index in [1.165, 1.54) is 6.20 Å². The lowest BCUT2D eigenvalue weighted by atomic mass is 10.1. The van der Waals surface area contributed by atoms with Gasteiger partial charge in [0, 0.05) is 18.8 Å². The Morgan fingerprint density at radius 3 is 2.70 bits per heavy atom. The summed E-state index contributed by atoms with van der Waals surface area (Å²) in [5, 5.41) is 2.86. The van der Waals surface area contributed by atoms with Gasteiger partial charge in [-0.05, 0) is 43.5 Å². The summed E-state index contributed by atoms with van der Waals surface area (Å²) in [7, 11) is -3.39. The first kappa shape index (κ1) is 20.7. The molecule has 0 fully saturated rings. The number of amides is 1. The summed E-state index contributed by atoms with van der Waals surface area (Å²) in [5.74, 6) is 0.737. The molecule has 0 atom stereocenters. The summed E-state index contributed by atoms with van der Waals surface area (Å²) in [6.07, 6.45) is 2.41. The van der Waals surface area contributed by atoms with E-state index in [1.54, 1.807) is 43.3 Å². The number of nitrogens with zero attached hydrogens (tertiary/aromatic N) is 1. The summed E-state index contributed by atoms with van der Waals surface area (Å²) in [6.45, 7) is 6.30. The molecule has 146 valence electrons. The number of hydrogen-bond donors (Lipinski definition) is 2. The first-order valence-corrected chi connectivity index (χ1v) is 10.5. The van der Waals surface area contributed by atoms with Crippen molar-refractivity contribution in [2.75, 3.05) is 17.0 Å². The summed E-state index contributed by atoms with van der Waals surface area (Å²) in [6, 6.07) is 9.79. The molecule has 2 N–H and O–H groups in total. The van der Waals surface area contributed by atoms with Crippen LogP contribution in [0, 0.1) is 5.92 Å². The third-order valence-corrected chi connectivity index (χ3v) is 5.03. The van der Waals surface area contributed by atoms with Gasteiger partial charge < -0.3 is 10.1 Å². The second kappa shape index (κ2) is 9.36. The van der Waals surface area contributed by atoms with E-state index in [2.05, 4.69) is 28.9 Å². The van der Waals surface area contributed by atoms with Crippen molar-refractivity contribution >= 4 is 21.6 Å². The molecule has 1 amide bonds. The number of aromatic nitrogens is 1. The fourth-order valence-corrected chi connectivity index (χ4v) is 2.83. The zero-order valence-electron chi connectivity index (χ0n) is 15.7. The van der Waals surface area contributed by atoms with E-state index in [-0.39, 0.29) is 17.5 Å². The predicted molar refractivity (Wildman–Crippen MR) is 106 cm³/mol. The minimum Gasteiger partial charge on any atom is -0.438 e. The Kier molecular flexibility index (Phi) is 7.18. The van der Waals surface area contributed by atoms with Gasteiger partial charge in [-0.3, -0.25) is 9.52 Å². The summed E-state index contributed by atoms with van der Waals surface area (Å²) < 4.78 is 31.6. The molecule has 8 heteroatoms. The molecule has 0 aliphatic rings. The number of carbonyl (C=O) groups excluding carboxylic acids is 1. The number of anilines is 1. The molecule has 7 nitrogen and oxygen atoms in total. The lowest BCUT2D eigenvalue weighted by Crippen LogP contribution is -2.25. The zero-order chi connectivity index (χ0) is 19.9. The molecule has 0 bridgehead atoms. The van der Waals surface area contributed by atoms with Crippen LogP contribution in [0.4, 0.5) is 5.69 Å². The van der Waals surface area contributed by atoms with Crippen molar-refractivity contribution in [3.8, 4) is 11.6 Å². The molecule has 0 spiro atoms. The highest BCUT2D eigenvalue weighted by Crippen LogP contribution is 2.25. The van der Waals surface area contributed by atoms with Crippen molar-refractivity contribution in [2.24, 2.45) is 5.92 Å². The minimum absolute atomic E-state index is 0.0287. The van der Waals surface area contributed by atoms with Gasteiger partial charge in [0.2, 0.25) is 15.9 Å². The molecule has 1 heterocycles. The molecule has 0 aliphatic carbocycles. The number of sulfonamides is 1. The average molecular weight is 391 g/mol. The van der Waals surface area contributed by atoms with E-state index in [1.807, 2.05) is 0 Å². The normalized spacial score (nSPS) is 11.3. The van der Waals surface area contributed by atoms with E-state index in [0.29, 0.717) is 29.5 Å². The van der Waals surface area contributed by atoms with Gasteiger partial charge in [0.25, 0.3) is 5.91 Å². The van der Waals surface area contributed by atoms with Gasteiger partial charge in [-0.15, -0.1) is 0 Å². The van der Waals surface area contributed by atoms with Crippen molar-refractivity contribution in [1.29, 1.82) is 0 Å². The van der Waals surface area contributed by atoms with Crippen molar-refractivity contribution in [3.05, 3.63) is 48.2 Å². The van der Waals surface area contributed by atoms with Crippen LogP contribution in [-0.4, -0.2) is 31.6 Å². The molecule has 1 aromatic carbocycles. The van der Waals surface area contributed by atoms with Crippen LogP contribution in [0.2, 0.25) is 0 Å². The van der Waals surface area contributed by atoms with Crippen LogP contribution in [0.5, 0.6) is 11.6 Å². The molecule has 27 heavy (non-hydrogen) atoms. The molecule has 0 aliphatic heterocycles. The molecular formula is C19H25N3O4S. The lowest BCUT2D eigenvalue weighted by Gasteiger charge is -2.12. The number of nitrogens with one attached hydrogen (secondary N) is 2. The van der Waals surface area contributed by atoms with Gasteiger partial charge in [0.1, 0.15) is 11.3 Å². The van der Waals surface area contributed by atoms with Crippen LogP contribution in [0.25, 0.3) is 0 Å². The van der Waals surface area contributed by atoms with Gasteiger partial charge in [-0.25, -0.2) is 13.4 Å². The van der Waals surface area contributed by atoms with Crippen LogP contribution < -0.4 is 14.8 Å². The Morgan fingerprint density at radius 2 is 2.00 bits per heavy atom. The minimum atomic E-state index is -3.39. The van der Waals surface area contributed by atoms with Gasteiger partial charge >= 0.3 is 0 Å². The first-order valence-electron chi connectivity index (χ1n) is 8.82. The maximum Gasteiger partial charge on any atom is 0.256 e. The Labute approximate surface area is 160 Å². The largest absolute Gasteiger partial charge is 0.438 e. The van der Waals surface area contributed by atoms with Crippen molar-refractivity contribution in [3.63, 3.8) is 0 Å². The topological polar surface area (TPSA) is 97.4 Å². The smallest absolute Gasteiger partial charge is 0.256 e. The van der Waals surface area contributed by atoms with Crippen molar-refractivity contribution in [1.82, 2.24) is 10.3 Å². The molecule has 0 radical (unpaired) electrons. The highest BCUT2D eigenvalue weighted by Gasteiger charge is 2.15. The SMILES string of the molecule is CCS(=O)(=O)Nc1cccc(Oc2ncccc2C(=O)NCCC(C)C)c1. The maximum atomic E-state index is 12.4. The predicted octanol–water partition coefficient (Wildman–Crippen LogP) is 3.41. The van der Waals surface area contributed by atoms with E-state index in [0.717, 1.165) is 6.42 Å². The molecule has 0 saturated carbocycles. The molecule has 2 rings (SSSR count). The summed E-state index contributed by atoms with van der Waals surface area (Å²) in [4.78, 5) is 16.5. The van der Waals surface area contributed by atoms with Gasteiger partial charge in [-0.1, -0.05) is 19.9 Å². The third kappa shape index (κ3) is 6.56. The first-order chi connectivity index (χ1) is 12.8. The Bertz CT molecular complexity index is 882. The van der Waals surface area contributed by atoms with Crippen LogP contribution in [-0.2, 0) is 10.0 Å². The van der Waals surface area contributed by atoms with E-state index in [4.69, 9.17) is 4.74 Å². The number of ether oxygens (including phenoxy) is 1. The maximum absolute atomic E-state index is 12.4. The second-order valence-corrected chi connectivity index (χ2v) is 8.44. The highest BCUT2D eigenvalue weighted by atomic mass is 32.2. The second-order valence-electron chi connectivity index (χ2n) is 6.43. The van der Waals surface area contributed by atoms with E-state index in [9.17, 15) is 13.2 Å². The quantitative estimate of drug-likeness (QED) is 0.683. The Hall–Kier alpha value is -2.61. The molecule has 0 saturated heterocycles.